The van der Waals surface area contributed by atoms with E-state index in [1.165, 1.54) is 0 Å². The van der Waals surface area contributed by atoms with E-state index in [1.807, 2.05) is 39.8 Å². The van der Waals surface area contributed by atoms with Crippen molar-refractivity contribution in [2.45, 2.75) is 34.2 Å². The van der Waals surface area contributed by atoms with E-state index >= 15 is 0 Å². The van der Waals surface area contributed by atoms with Gasteiger partial charge in [0, 0.05) is 16.6 Å². The molecule has 1 heterocycles. The number of nitrogens with zero attached hydrogens (tertiary/aromatic N) is 2. The van der Waals surface area contributed by atoms with Gasteiger partial charge in [-0.1, -0.05) is 15.9 Å². The molecule has 2 aromatic rings. The molecule has 0 aliphatic heterocycles. The molecular formula is C15H18BrN3O. The predicted molar refractivity (Wildman–Crippen MR) is 83.1 cm³/mol. The molecule has 1 aromatic heterocycles. The van der Waals surface area contributed by atoms with Crippen LogP contribution in [-0.4, -0.2) is 10.2 Å². The molecule has 0 unspecified atom stereocenters. The molecule has 0 fully saturated rings. The van der Waals surface area contributed by atoms with Gasteiger partial charge in [-0.25, -0.2) is 0 Å². The van der Waals surface area contributed by atoms with Gasteiger partial charge in [0.2, 0.25) is 5.88 Å². The molecule has 0 saturated heterocycles. The van der Waals surface area contributed by atoms with Gasteiger partial charge in [0.15, 0.2) is 0 Å². The van der Waals surface area contributed by atoms with Gasteiger partial charge in [-0.2, -0.15) is 5.10 Å². The first-order valence-electron chi connectivity index (χ1n) is 6.41. The Bertz CT molecular complexity index is 633. The lowest BCUT2D eigenvalue weighted by Gasteiger charge is -2.13. The SMILES string of the molecule is Cc1cc(Oc2nnc(C)c(C)c2CN)cc(C)c1Br. The van der Waals surface area contributed by atoms with Gasteiger partial charge in [0.05, 0.1) is 5.69 Å². The molecule has 5 heteroatoms. The quantitative estimate of drug-likeness (QED) is 0.928. The molecule has 20 heavy (non-hydrogen) atoms. The molecule has 0 aliphatic rings. The number of nitrogens with two attached hydrogens (primary N) is 1. The molecule has 0 saturated carbocycles. The maximum Gasteiger partial charge on any atom is 0.243 e. The highest BCUT2D eigenvalue weighted by Gasteiger charge is 2.13. The highest BCUT2D eigenvalue weighted by molar-refractivity contribution is 9.10. The summed E-state index contributed by atoms with van der Waals surface area (Å²) in [4.78, 5) is 0. The fourth-order valence-corrected chi connectivity index (χ4v) is 2.26. The minimum Gasteiger partial charge on any atom is -0.437 e. The van der Waals surface area contributed by atoms with E-state index in [4.69, 9.17) is 10.5 Å². The number of benzene rings is 1. The standard InChI is InChI=1S/C15H18BrN3O/c1-8-5-12(6-9(2)14(8)16)20-15-13(7-17)10(3)11(4)18-19-15/h5-6H,7,17H2,1-4H3. The van der Waals surface area contributed by atoms with Crippen LogP contribution >= 0.6 is 15.9 Å². The fourth-order valence-electron chi connectivity index (χ4n) is 2.03. The number of aromatic nitrogens is 2. The fraction of sp³-hybridized carbons (Fsp3) is 0.333. The topological polar surface area (TPSA) is 61.0 Å². The monoisotopic (exact) mass is 335 g/mol. The maximum atomic E-state index is 5.88. The van der Waals surface area contributed by atoms with Crippen molar-refractivity contribution < 1.29 is 4.74 Å². The molecule has 2 N–H and O–H groups in total. The van der Waals surface area contributed by atoms with Crippen LogP contribution in [0.1, 0.15) is 27.9 Å². The third-order valence-corrected chi connectivity index (χ3v) is 4.62. The van der Waals surface area contributed by atoms with Crippen molar-refractivity contribution in [3.05, 3.63) is 44.6 Å². The van der Waals surface area contributed by atoms with Gasteiger partial charge in [-0.3, -0.25) is 0 Å². The van der Waals surface area contributed by atoms with Crippen LogP contribution < -0.4 is 10.5 Å². The van der Waals surface area contributed by atoms with Gasteiger partial charge in [0.25, 0.3) is 0 Å². The van der Waals surface area contributed by atoms with Crippen molar-refractivity contribution in [1.29, 1.82) is 0 Å². The second-order valence-electron chi connectivity index (χ2n) is 4.87. The smallest absolute Gasteiger partial charge is 0.243 e. The summed E-state index contributed by atoms with van der Waals surface area (Å²) in [6, 6.07) is 3.93. The Balaban J connectivity index is 2.43. The first-order valence-corrected chi connectivity index (χ1v) is 7.20. The Morgan fingerprint density at radius 1 is 1.10 bits per heavy atom. The third kappa shape index (κ3) is 2.83. The zero-order chi connectivity index (χ0) is 14.9. The van der Waals surface area contributed by atoms with Crippen molar-refractivity contribution in [3.63, 3.8) is 0 Å². The van der Waals surface area contributed by atoms with E-state index in [9.17, 15) is 0 Å². The van der Waals surface area contributed by atoms with Crippen molar-refractivity contribution >= 4 is 15.9 Å². The summed E-state index contributed by atoms with van der Waals surface area (Å²) in [6.07, 6.45) is 0. The number of hydrogen-bond donors (Lipinski definition) is 1. The van der Waals surface area contributed by atoms with E-state index in [0.29, 0.717) is 12.4 Å². The molecule has 4 nitrogen and oxygen atoms in total. The summed E-state index contributed by atoms with van der Waals surface area (Å²) < 4.78 is 6.97. The van der Waals surface area contributed by atoms with Gasteiger partial charge in [-0.05, 0) is 56.5 Å². The summed E-state index contributed by atoms with van der Waals surface area (Å²) in [5.41, 5.74) is 10.8. The largest absolute Gasteiger partial charge is 0.437 e. The van der Waals surface area contributed by atoms with Gasteiger partial charge >= 0.3 is 0 Å². The maximum absolute atomic E-state index is 5.88. The van der Waals surface area contributed by atoms with E-state index in [0.717, 1.165) is 38.2 Å². The van der Waals surface area contributed by atoms with E-state index in [-0.39, 0.29) is 0 Å². The van der Waals surface area contributed by atoms with Crippen LogP contribution in [0.2, 0.25) is 0 Å². The highest BCUT2D eigenvalue weighted by Crippen LogP contribution is 2.30. The second kappa shape index (κ2) is 5.89. The van der Waals surface area contributed by atoms with Crippen LogP contribution in [-0.2, 0) is 6.54 Å². The van der Waals surface area contributed by atoms with Crippen LogP contribution in [0.4, 0.5) is 0 Å². The van der Waals surface area contributed by atoms with E-state index in [1.54, 1.807) is 0 Å². The van der Waals surface area contributed by atoms with Crippen LogP contribution in [0.25, 0.3) is 0 Å². The number of rotatable bonds is 3. The second-order valence-corrected chi connectivity index (χ2v) is 5.66. The Hall–Kier alpha value is -1.46. The van der Waals surface area contributed by atoms with E-state index in [2.05, 4.69) is 26.1 Å². The minimum atomic E-state index is 0.381. The number of halogens is 1. The molecule has 0 aliphatic carbocycles. The average molecular weight is 336 g/mol. The van der Waals surface area contributed by atoms with Crippen LogP contribution in [0.15, 0.2) is 16.6 Å². The normalized spacial score (nSPS) is 10.7. The Labute approximate surface area is 127 Å². The Kier molecular flexibility index (Phi) is 4.40. The molecule has 0 amide bonds. The van der Waals surface area contributed by atoms with Crippen LogP contribution in [0.3, 0.4) is 0 Å². The van der Waals surface area contributed by atoms with Crippen molar-refractivity contribution in [1.82, 2.24) is 10.2 Å². The van der Waals surface area contributed by atoms with Crippen molar-refractivity contribution in [2.75, 3.05) is 0 Å². The summed E-state index contributed by atoms with van der Waals surface area (Å²) in [5.74, 6) is 1.23. The molecule has 2 rings (SSSR count). The molecule has 106 valence electrons. The summed E-state index contributed by atoms with van der Waals surface area (Å²) >= 11 is 3.54. The number of aryl methyl sites for hydroxylation is 3. The van der Waals surface area contributed by atoms with Gasteiger partial charge in [0.1, 0.15) is 5.75 Å². The molecular weight excluding hydrogens is 318 g/mol. The molecule has 1 aromatic carbocycles. The first kappa shape index (κ1) is 14.9. The average Bonchev–Trinajstić information content (AvgIpc) is 2.40. The molecule has 0 radical (unpaired) electrons. The Morgan fingerprint density at radius 3 is 2.25 bits per heavy atom. The summed E-state index contributed by atoms with van der Waals surface area (Å²) in [7, 11) is 0. The van der Waals surface area contributed by atoms with Crippen molar-refractivity contribution in [2.24, 2.45) is 5.73 Å². The summed E-state index contributed by atoms with van der Waals surface area (Å²) in [6.45, 7) is 8.34. The summed E-state index contributed by atoms with van der Waals surface area (Å²) in [5, 5.41) is 8.23. The predicted octanol–water partition coefficient (Wildman–Crippen LogP) is 3.72. The van der Waals surface area contributed by atoms with Crippen LogP contribution in [0.5, 0.6) is 11.6 Å². The third-order valence-electron chi connectivity index (χ3n) is 3.37. The lowest BCUT2D eigenvalue weighted by Crippen LogP contribution is -2.07. The van der Waals surface area contributed by atoms with Gasteiger partial charge < -0.3 is 10.5 Å². The van der Waals surface area contributed by atoms with Gasteiger partial charge in [-0.15, -0.1) is 5.10 Å². The Morgan fingerprint density at radius 2 is 1.70 bits per heavy atom. The molecule has 0 spiro atoms. The first-order chi connectivity index (χ1) is 9.43. The van der Waals surface area contributed by atoms with Crippen LogP contribution in [0, 0.1) is 27.7 Å². The van der Waals surface area contributed by atoms with Crippen molar-refractivity contribution in [3.8, 4) is 11.6 Å². The lowest BCUT2D eigenvalue weighted by atomic mass is 10.1. The number of hydrogen-bond acceptors (Lipinski definition) is 4. The zero-order valence-corrected chi connectivity index (χ0v) is 13.7. The molecule has 0 atom stereocenters. The zero-order valence-electron chi connectivity index (χ0n) is 12.1. The highest BCUT2D eigenvalue weighted by atomic mass is 79.9. The van der Waals surface area contributed by atoms with E-state index < -0.39 is 0 Å². The molecule has 0 bridgehead atoms. The number of ether oxygens (including phenoxy) is 1. The lowest BCUT2D eigenvalue weighted by molar-refractivity contribution is 0.445. The minimum absolute atomic E-state index is 0.381.